The minimum atomic E-state index is -0.175. The first-order valence-corrected chi connectivity index (χ1v) is 13.5. The van der Waals surface area contributed by atoms with Gasteiger partial charge in [0, 0.05) is 36.4 Å². The summed E-state index contributed by atoms with van der Waals surface area (Å²) in [6.45, 7) is 2.91. The van der Waals surface area contributed by atoms with E-state index in [1.165, 1.54) is 11.3 Å². The second-order valence-corrected chi connectivity index (χ2v) is 11.1. The van der Waals surface area contributed by atoms with Crippen molar-refractivity contribution in [1.82, 2.24) is 29.0 Å². The maximum absolute atomic E-state index is 14.2. The number of thiazole rings is 1. The predicted molar refractivity (Wildman–Crippen MR) is 142 cm³/mol. The average molecular weight is 531 g/mol. The number of fused-ring (bicyclic) bond motifs is 3. The van der Waals surface area contributed by atoms with E-state index in [9.17, 15) is 9.59 Å². The minimum Gasteiger partial charge on any atom is -0.349 e. The number of hydrogen-bond donors (Lipinski definition) is 1. The summed E-state index contributed by atoms with van der Waals surface area (Å²) >= 11 is 7.82. The fourth-order valence-corrected chi connectivity index (χ4v) is 6.59. The summed E-state index contributed by atoms with van der Waals surface area (Å²) in [5, 5.41) is 5.54. The van der Waals surface area contributed by atoms with E-state index in [0.717, 1.165) is 16.9 Å². The van der Waals surface area contributed by atoms with Gasteiger partial charge in [-0.1, -0.05) is 41.9 Å². The SMILES string of the molecule is Cc1nc2sccn2c1C(=O)NC[C@@H]1[C@H]2C[C@H]2CN1C(=O)c1c(-c2ccccc2)nc2ccc(Cl)cn12. The summed E-state index contributed by atoms with van der Waals surface area (Å²) in [5.74, 6) is 0.585. The normalized spacial score (nSPS) is 20.5. The smallest absolute Gasteiger partial charge is 0.273 e. The number of piperidine rings is 1. The predicted octanol–water partition coefficient (Wildman–Crippen LogP) is 4.56. The minimum absolute atomic E-state index is 0.0824. The van der Waals surface area contributed by atoms with Gasteiger partial charge in [-0.05, 0) is 37.3 Å². The van der Waals surface area contributed by atoms with Gasteiger partial charge in [0.1, 0.15) is 22.7 Å². The highest BCUT2D eigenvalue weighted by Crippen LogP contribution is 2.50. The van der Waals surface area contributed by atoms with Crippen molar-refractivity contribution in [2.45, 2.75) is 19.4 Å². The van der Waals surface area contributed by atoms with Crippen molar-refractivity contribution >= 4 is 45.4 Å². The van der Waals surface area contributed by atoms with Crippen molar-refractivity contribution in [3.63, 3.8) is 0 Å². The molecule has 0 radical (unpaired) electrons. The van der Waals surface area contributed by atoms with Crippen LogP contribution in [0.15, 0.2) is 60.2 Å². The summed E-state index contributed by atoms with van der Waals surface area (Å²) < 4.78 is 3.61. The number of halogens is 1. The molecule has 5 aromatic rings. The Balaban J connectivity index is 1.21. The number of carbonyl (C=O) groups is 2. The third-order valence-electron chi connectivity index (χ3n) is 7.52. The molecule has 2 fully saturated rings. The van der Waals surface area contributed by atoms with Crippen LogP contribution in [0.2, 0.25) is 5.02 Å². The van der Waals surface area contributed by atoms with Crippen LogP contribution in [0, 0.1) is 18.8 Å². The molecule has 10 heteroatoms. The van der Waals surface area contributed by atoms with Gasteiger partial charge in [0.15, 0.2) is 4.96 Å². The van der Waals surface area contributed by atoms with E-state index in [-0.39, 0.29) is 17.9 Å². The van der Waals surface area contributed by atoms with E-state index >= 15 is 0 Å². The Kier molecular flexibility index (Phi) is 5.12. The highest BCUT2D eigenvalue weighted by Gasteiger charge is 2.54. The number of hydrogen-bond acceptors (Lipinski definition) is 5. The van der Waals surface area contributed by atoms with Crippen molar-refractivity contribution in [1.29, 1.82) is 0 Å². The van der Waals surface area contributed by atoms with E-state index in [0.29, 0.717) is 58.4 Å². The molecule has 0 unspecified atom stereocenters. The molecular formula is C27H23ClN6O2S. The molecule has 1 saturated heterocycles. The van der Waals surface area contributed by atoms with Crippen molar-refractivity contribution in [3.8, 4) is 11.3 Å². The molecule has 2 aliphatic rings. The van der Waals surface area contributed by atoms with Crippen LogP contribution in [-0.2, 0) is 0 Å². The van der Waals surface area contributed by atoms with Gasteiger partial charge in [-0.2, -0.15) is 0 Å². The summed E-state index contributed by atoms with van der Waals surface area (Å²) in [7, 11) is 0. The molecule has 1 saturated carbocycles. The van der Waals surface area contributed by atoms with Crippen LogP contribution in [0.25, 0.3) is 21.9 Å². The molecule has 7 rings (SSSR count). The lowest BCUT2D eigenvalue weighted by molar-refractivity contribution is 0.0688. The molecule has 2 amide bonds. The quantitative estimate of drug-likeness (QED) is 0.361. The van der Waals surface area contributed by atoms with Gasteiger partial charge in [-0.3, -0.25) is 18.4 Å². The molecule has 186 valence electrons. The molecular weight excluding hydrogens is 508 g/mol. The molecule has 1 aromatic carbocycles. The summed E-state index contributed by atoms with van der Waals surface area (Å²) in [6, 6.07) is 13.2. The van der Waals surface area contributed by atoms with E-state index in [4.69, 9.17) is 16.6 Å². The van der Waals surface area contributed by atoms with Gasteiger partial charge in [0.2, 0.25) is 0 Å². The van der Waals surface area contributed by atoms with Crippen molar-refractivity contribution < 1.29 is 9.59 Å². The molecule has 1 aliphatic carbocycles. The Labute approximate surface area is 221 Å². The van der Waals surface area contributed by atoms with Crippen LogP contribution < -0.4 is 5.32 Å². The number of nitrogens with zero attached hydrogens (tertiary/aromatic N) is 5. The number of aromatic nitrogens is 4. The maximum atomic E-state index is 14.2. The van der Waals surface area contributed by atoms with Gasteiger partial charge in [-0.15, -0.1) is 11.3 Å². The van der Waals surface area contributed by atoms with E-state index in [1.54, 1.807) is 16.7 Å². The van der Waals surface area contributed by atoms with Crippen molar-refractivity contribution in [2.75, 3.05) is 13.1 Å². The van der Waals surface area contributed by atoms with Gasteiger partial charge < -0.3 is 10.2 Å². The largest absolute Gasteiger partial charge is 0.349 e. The van der Waals surface area contributed by atoms with Gasteiger partial charge in [0.05, 0.1) is 16.8 Å². The Hall–Kier alpha value is -3.69. The lowest BCUT2D eigenvalue weighted by Gasteiger charge is -2.28. The summed E-state index contributed by atoms with van der Waals surface area (Å²) in [5.41, 5.74) is 3.90. The van der Waals surface area contributed by atoms with Gasteiger partial charge >= 0.3 is 0 Å². The molecule has 1 N–H and O–H groups in total. The third kappa shape index (κ3) is 3.64. The number of pyridine rings is 1. The molecule has 8 nitrogen and oxygen atoms in total. The summed E-state index contributed by atoms with van der Waals surface area (Å²) in [4.78, 5) is 39.3. The second kappa shape index (κ2) is 8.43. The zero-order chi connectivity index (χ0) is 25.3. The number of aryl methyl sites for hydroxylation is 1. The molecule has 37 heavy (non-hydrogen) atoms. The van der Waals surface area contributed by atoms with Gasteiger partial charge in [0.25, 0.3) is 11.8 Å². The number of amides is 2. The number of nitrogens with one attached hydrogen (secondary N) is 1. The molecule has 0 bridgehead atoms. The first-order chi connectivity index (χ1) is 18.0. The number of carbonyl (C=O) groups excluding carboxylic acids is 2. The molecule has 0 spiro atoms. The Morgan fingerprint density at radius 3 is 2.78 bits per heavy atom. The number of benzene rings is 1. The lowest BCUT2D eigenvalue weighted by Crippen LogP contribution is -2.46. The second-order valence-electron chi connectivity index (χ2n) is 9.75. The lowest BCUT2D eigenvalue weighted by atomic mass is 10.1. The van der Waals surface area contributed by atoms with Crippen LogP contribution in [0.1, 0.15) is 33.1 Å². The monoisotopic (exact) mass is 530 g/mol. The third-order valence-corrected chi connectivity index (χ3v) is 8.50. The van der Waals surface area contributed by atoms with Crippen LogP contribution in [0.5, 0.6) is 0 Å². The van der Waals surface area contributed by atoms with E-state index < -0.39 is 0 Å². The summed E-state index contributed by atoms with van der Waals surface area (Å²) in [6.07, 6.45) is 4.68. The Bertz CT molecular complexity index is 1690. The van der Waals surface area contributed by atoms with Crippen LogP contribution in [0.3, 0.4) is 0 Å². The average Bonchev–Trinajstić information content (AvgIpc) is 3.21. The Morgan fingerprint density at radius 2 is 1.95 bits per heavy atom. The fraction of sp³-hybridized carbons (Fsp3) is 0.259. The highest BCUT2D eigenvalue weighted by atomic mass is 35.5. The first kappa shape index (κ1) is 22.5. The zero-order valence-corrected chi connectivity index (χ0v) is 21.5. The highest BCUT2D eigenvalue weighted by molar-refractivity contribution is 7.15. The van der Waals surface area contributed by atoms with Gasteiger partial charge in [-0.25, -0.2) is 9.97 Å². The standard InChI is InChI=1S/C27H23ClN6O2S/c1-15-23(32-9-10-37-27(32)30-15)25(35)29-12-20-19-11-17(19)13-33(20)26(36)24-22(16-5-3-2-4-6-16)31-21-8-7-18(28)14-34(21)24/h2-10,14,17,19-20H,11-13H2,1H3,(H,29,35)/t17-,19-,20+/m0/s1. The Morgan fingerprint density at radius 1 is 1.11 bits per heavy atom. The fourth-order valence-electron chi connectivity index (χ4n) is 5.67. The number of rotatable bonds is 5. The number of imidazole rings is 2. The molecule has 5 heterocycles. The van der Waals surface area contributed by atoms with E-state index in [2.05, 4.69) is 10.3 Å². The van der Waals surface area contributed by atoms with Crippen LogP contribution in [-0.4, -0.2) is 54.6 Å². The number of likely N-dealkylation sites (tertiary alicyclic amines) is 1. The molecule has 4 aromatic heterocycles. The van der Waals surface area contributed by atoms with E-state index in [1.807, 2.05) is 64.2 Å². The zero-order valence-electron chi connectivity index (χ0n) is 20.0. The maximum Gasteiger partial charge on any atom is 0.273 e. The van der Waals surface area contributed by atoms with Crippen LogP contribution >= 0.6 is 22.9 Å². The first-order valence-electron chi connectivity index (χ1n) is 12.2. The topological polar surface area (TPSA) is 84.0 Å². The molecule has 1 aliphatic heterocycles. The van der Waals surface area contributed by atoms with Crippen molar-refractivity contribution in [3.05, 3.63) is 82.3 Å². The molecule has 3 atom stereocenters. The van der Waals surface area contributed by atoms with Crippen molar-refractivity contribution in [2.24, 2.45) is 11.8 Å². The van der Waals surface area contributed by atoms with Crippen LogP contribution in [0.4, 0.5) is 0 Å².